The molecule has 0 radical (unpaired) electrons. The molecule has 0 spiro atoms. The van der Waals surface area contributed by atoms with Gasteiger partial charge in [-0.2, -0.15) is 0 Å². The molecule has 2 amide bonds. The highest BCUT2D eigenvalue weighted by Gasteiger charge is 2.25. The lowest BCUT2D eigenvalue weighted by atomic mass is 9.99. The van der Waals surface area contributed by atoms with E-state index in [1.165, 1.54) is 6.33 Å². The van der Waals surface area contributed by atoms with E-state index in [-0.39, 0.29) is 12.5 Å². The number of hydrogen-bond donors (Lipinski definition) is 3. The first-order valence-corrected chi connectivity index (χ1v) is 6.05. The predicted octanol–water partition coefficient (Wildman–Crippen LogP) is 0.114. The maximum absolute atomic E-state index is 11.6. The number of carboxylic acid groups (broad SMARTS) is 1. The van der Waals surface area contributed by atoms with Crippen molar-refractivity contribution in [2.75, 3.05) is 0 Å². The van der Waals surface area contributed by atoms with Crippen LogP contribution in [0.25, 0.3) is 0 Å². The van der Waals surface area contributed by atoms with Gasteiger partial charge in [0.15, 0.2) is 5.82 Å². The van der Waals surface area contributed by atoms with Gasteiger partial charge in [0.1, 0.15) is 12.4 Å². The molecular weight excluding hydrogens is 250 g/mol. The molecule has 8 heteroatoms. The van der Waals surface area contributed by atoms with Crippen LogP contribution in [0.4, 0.5) is 4.79 Å². The van der Waals surface area contributed by atoms with Crippen LogP contribution in [0.15, 0.2) is 6.33 Å². The van der Waals surface area contributed by atoms with Gasteiger partial charge in [0, 0.05) is 7.05 Å². The summed E-state index contributed by atoms with van der Waals surface area (Å²) in [6.07, 6.45) is 2.19. The Labute approximate surface area is 111 Å². The molecule has 1 aromatic heterocycles. The Hall–Kier alpha value is -2.12. The molecule has 19 heavy (non-hydrogen) atoms. The van der Waals surface area contributed by atoms with Crippen LogP contribution in [0.2, 0.25) is 0 Å². The summed E-state index contributed by atoms with van der Waals surface area (Å²) in [6, 6.07) is -1.43. The fraction of sp³-hybridized carbons (Fsp3) is 0.636. The zero-order valence-corrected chi connectivity index (χ0v) is 11.3. The van der Waals surface area contributed by atoms with Gasteiger partial charge >= 0.3 is 12.0 Å². The normalized spacial score (nSPS) is 13.6. The largest absolute Gasteiger partial charge is 0.480 e. The Balaban J connectivity index is 2.49. The van der Waals surface area contributed by atoms with E-state index in [0.717, 1.165) is 0 Å². The van der Waals surface area contributed by atoms with Gasteiger partial charge in [-0.05, 0) is 5.92 Å². The first kappa shape index (κ1) is 14.9. The lowest BCUT2D eigenvalue weighted by Gasteiger charge is -2.20. The van der Waals surface area contributed by atoms with Crippen molar-refractivity contribution in [1.82, 2.24) is 25.4 Å². The molecule has 2 atom stereocenters. The lowest BCUT2D eigenvalue weighted by Crippen LogP contribution is -2.49. The second kappa shape index (κ2) is 6.72. The molecule has 106 valence electrons. The van der Waals surface area contributed by atoms with Crippen LogP contribution in [-0.2, 0) is 18.4 Å². The topological polar surface area (TPSA) is 109 Å². The van der Waals surface area contributed by atoms with Crippen LogP contribution in [0, 0.1) is 5.92 Å². The molecule has 3 N–H and O–H groups in total. The number of amides is 2. The van der Waals surface area contributed by atoms with Crippen molar-refractivity contribution in [3.63, 3.8) is 0 Å². The van der Waals surface area contributed by atoms with Crippen LogP contribution in [0.5, 0.6) is 0 Å². The highest BCUT2D eigenvalue weighted by atomic mass is 16.4. The number of nitrogens with zero attached hydrogens (tertiary/aromatic N) is 3. The Bertz CT molecular complexity index is 445. The Morgan fingerprint density at radius 2 is 2.21 bits per heavy atom. The Morgan fingerprint density at radius 3 is 2.68 bits per heavy atom. The number of aromatic nitrogens is 3. The minimum Gasteiger partial charge on any atom is -0.480 e. The van der Waals surface area contributed by atoms with Gasteiger partial charge in [0.05, 0.1) is 6.54 Å². The number of nitrogens with one attached hydrogen (secondary N) is 2. The fourth-order valence-electron chi connectivity index (χ4n) is 1.50. The van der Waals surface area contributed by atoms with Crippen molar-refractivity contribution in [2.24, 2.45) is 13.0 Å². The Morgan fingerprint density at radius 1 is 1.53 bits per heavy atom. The second-order valence-electron chi connectivity index (χ2n) is 4.39. The highest BCUT2D eigenvalue weighted by Crippen LogP contribution is 2.07. The van der Waals surface area contributed by atoms with Gasteiger partial charge in [-0.15, -0.1) is 10.2 Å². The standard InChI is InChI=1S/C11H19N5O3/c1-4-7(2)9(10(17)18)14-11(19)12-5-8-15-13-6-16(8)3/h6-7,9H,4-5H2,1-3H3,(H,17,18)(H2,12,14,19). The quantitative estimate of drug-likeness (QED) is 0.679. The van der Waals surface area contributed by atoms with Crippen LogP contribution < -0.4 is 10.6 Å². The maximum atomic E-state index is 11.6. The Kier molecular flexibility index (Phi) is 5.28. The first-order chi connectivity index (χ1) is 8.95. The lowest BCUT2D eigenvalue weighted by molar-refractivity contribution is -0.140. The molecule has 0 aliphatic rings. The van der Waals surface area contributed by atoms with Gasteiger partial charge in [-0.1, -0.05) is 20.3 Å². The monoisotopic (exact) mass is 269 g/mol. The SMILES string of the molecule is CCC(C)C(NC(=O)NCc1nncn1C)C(=O)O. The summed E-state index contributed by atoms with van der Waals surface area (Å²) in [4.78, 5) is 22.7. The van der Waals surface area contributed by atoms with E-state index in [4.69, 9.17) is 5.11 Å². The number of aryl methyl sites for hydroxylation is 1. The molecule has 1 heterocycles. The van der Waals surface area contributed by atoms with Crippen LogP contribution in [0.3, 0.4) is 0 Å². The number of urea groups is 1. The number of rotatable bonds is 6. The van der Waals surface area contributed by atoms with E-state index in [2.05, 4.69) is 20.8 Å². The van der Waals surface area contributed by atoms with Crippen molar-refractivity contribution < 1.29 is 14.7 Å². The summed E-state index contributed by atoms with van der Waals surface area (Å²) in [5, 5.41) is 21.5. The van der Waals surface area contributed by atoms with E-state index in [1.54, 1.807) is 18.5 Å². The minimum atomic E-state index is -1.04. The molecule has 2 unspecified atom stereocenters. The molecular formula is C11H19N5O3. The molecule has 0 aliphatic carbocycles. The summed E-state index contributed by atoms with van der Waals surface area (Å²) in [5.74, 6) is -0.591. The van der Waals surface area contributed by atoms with Crippen molar-refractivity contribution in [3.05, 3.63) is 12.2 Å². The number of aliphatic carboxylic acids is 1. The van der Waals surface area contributed by atoms with E-state index in [0.29, 0.717) is 12.2 Å². The summed E-state index contributed by atoms with van der Waals surface area (Å²) >= 11 is 0. The molecule has 1 aromatic rings. The van der Waals surface area contributed by atoms with Crippen molar-refractivity contribution >= 4 is 12.0 Å². The van der Waals surface area contributed by atoms with E-state index in [1.807, 2.05) is 6.92 Å². The third-order valence-electron chi connectivity index (χ3n) is 2.98. The first-order valence-electron chi connectivity index (χ1n) is 6.05. The van der Waals surface area contributed by atoms with Crippen LogP contribution in [0.1, 0.15) is 26.1 Å². The number of carboxylic acids is 1. The summed E-state index contributed by atoms with van der Waals surface area (Å²) in [6.45, 7) is 3.84. The molecule has 0 fully saturated rings. The number of hydrogen-bond acceptors (Lipinski definition) is 4. The third-order valence-corrected chi connectivity index (χ3v) is 2.98. The molecule has 8 nitrogen and oxygen atoms in total. The van der Waals surface area contributed by atoms with Crippen LogP contribution in [-0.4, -0.2) is 37.9 Å². The average molecular weight is 269 g/mol. The fourth-order valence-corrected chi connectivity index (χ4v) is 1.50. The van der Waals surface area contributed by atoms with E-state index >= 15 is 0 Å². The van der Waals surface area contributed by atoms with Gasteiger partial charge in [-0.3, -0.25) is 0 Å². The zero-order valence-electron chi connectivity index (χ0n) is 11.3. The molecule has 0 saturated carbocycles. The van der Waals surface area contributed by atoms with Crippen molar-refractivity contribution in [1.29, 1.82) is 0 Å². The molecule has 0 saturated heterocycles. The number of carbonyl (C=O) groups excluding carboxylic acids is 1. The van der Waals surface area contributed by atoms with Gasteiger partial charge in [-0.25, -0.2) is 9.59 Å². The third kappa shape index (κ3) is 4.23. The highest BCUT2D eigenvalue weighted by molar-refractivity contribution is 5.82. The summed E-state index contributed by atoms with van der Waals surface area (Å²) < 4.78 is 1.67. The minimum absolute atomic E-state index is 0.141. The summed E-state index contributed by atoms with van der Waals surface area (Å²) in [5.41, 5.74) is 0. The molecule has 0 bridgehead atoms. The van der Waals surface area contributed by atoms with Crippen molar-refractivity contribution in [3.8, 4) is 0 Å². The average Bonchev–Trinajstić information content (AvgIpc) is 2.77. The van der Waals surface area contributed by atoms with Crippen molar-refractivity contribution in [2.45, 2.75) is 32.9 Å². The van der Waals surface area contributed by atoms with Crippen LogP contribution >= 0.6 is 0 Å². The maximum Gasteiger partial charge on any atom is 0.326 e. The molecule has 0 aromatic carbocycles. The molecule has 1 rings (SSSR count). The van der Waals surface area contributed by atoms with Gasteiger partial charge in [0.25, 0.3) is 0 Å². The van der Waals surface area contributed by atoms with E-state index < -0.39 is 18.0 Å². The molecule has 0 aliphatic heterocycles. The number of carbonyl (C=O) groups is 2. The van der Waals surface area contributed by atoms with Gasteiger partial charge < -0.3 is 20.3 Å². The van der Waals surface area contributed by atoms with Gasteiger partial charge in [0.2, 0.25) is 0 Å². The van der Waals surface area contributed by atoms with E-state index in [9.17, 15) is 9.59 Å². The smallest absolute Gasteiger partial charge is 0.326 e. The second-order valence-corrected chi connectivity index (χ2v) is 4.39. The zero-order chi connectivity index (χ0) is 14.4. The summed E-state index contributed by atoms with van der Waals surface area (Å²) in [7, 11) is 1.76. The predicted molar refractivity (Wildman–Crippen MR) is 67.3 cm³/mol.